The number of hydrogen-bond acceptors (Lipinski definition) is 6. The molecule has 1 rings (SSSR count). The van der Waals surface area contributed by atoms with Crippen LogP contribution in [0.4, 0.5) is 11.6 Å². The Hall–Kier alpha value is -1.37. The van der Waals surface area contributed by atoms with E-state index in [2.05, 4.69) is 15.7 Å². The van der Waals surface area contributed by atoms with E-state index < -0.39 is 5.60 Å². The zero-order valence-electron chi connectivity index (χ0n) is 10.2. The highest BCUT2D eigenvalue weighted by Gasteiger charge is 2.19. The molecule has 0 amide bonds. The molecule has 6 heteroatoms. The van der Waals surface area contributed by atoms with Crippen molar-refractivity contribution < 1.29 is 9.84 Å². The summed E-state index contributed by atoms with van der Waals surface area (Å²) in [6, 6.07) is 5.40. The summed E-state index contributed by atoms with van der Waals surface area (Å²) in [7, 11) is 1.61. The molecule has 0 saturated carbocycles. The lowest BCUT2D eigenvalue weighted by atomic mass is 10.0. The minimum absolute atomic E-state index is 0.400. The van der Waals surface area contributed by atoms with E-state index in [9.17, 15) is 5.11 Å². The van der Waals surface area contributed by atoms with Crippen LogP contribution >= 0.6 is 0 Å². The second-order valence-corrected chi connectivity index (χ2v) is 4.15. The second-order valence-electron chi connectivity index (χ2n) is 4.15. The fraction of sp³-hybridized carbons (Fsp3) is 0.545. The normalized spacial score (nSPS) is 14.1. The molecular weight excluding hydrogens is 220 g/mol. The van der Waals surface area contributed by atoms with Gasteiger partial charge in [0.2, 0.25) is 0 Å². The van der Waals surface area contributed by atoms with Gasteiger partial charge in [-0.1, -0.05) is 6.07 Å². The van der Waals surface area contributed by atoms with Gasteiger partial charge in [0.05, 0.1) is 5.60 Å². The SMILES string of the molecule is COCCC(C)(O)CNc1cccc(NN)n1. The topological polar surface area (TPSA) is 92.4 Å². The number of pyridine rings is 1. The molecule has 0 aliphatic heterocycles. The van der Waals surface area contributed by atoms with Crippen LogP contribution in [-0.4, -0.2) is 36.0 Å². The van der Waals surface area contributed by atoms with Crippen molar-refractivity contribution in [3.63, 3.8) is 0 Å². The van der Waals surface area contributed by atoms with Crippen molar-refractivity contribution in [1.82, 2.24) is 4.98 Å². The zero-order valence-corrected chi connectivity index (χ0v) is 10.2. The van der Waals surface area contributed by atoms with Crippen LogP contribution in [0.2, 0.25) is 0 Å². The molecular formula is C11H20N4O2. The monoisotopic (exact) mass is 240 g/mol. The first kappa shape index (κ1) is 13.7. The van der Waals surface area contributed by atoms with Gasteiger partial charge in [-0.3, -0.25) is 0 Å². The van der Waals surface area contributed by atoms with Gasteiger partial charge in [-0.25, -0.2) is 10.8 Å². The molecule has 1 aromatic heterocycles. The molecule has 6 nitrogen and oxygen atoms in total. The van der Waals surface area contributed by atoms with Crippen LogP contribution in [0.3, 0.4) is 0 Å². The van der Waals surface area contributed by atoms with Gasteiger partial charge in [-0.2, -0.15) is 0 Å². The van der Waals surface area contributed by atoms with Crippen LogP contribution in [0, 0.1) is 0 Å². The predicted octanol–water partition coefficient (Wildman–Crippen LogP) is 0.567. The van der Waals surface area contributed by atoms with Crippen LogP contribution < -0.4 is 16.6 Å². The molecule has 1 heterocycles. The number of methoxy groups -OCH3 is 1. The molecule has 0 spiro atoms. The van der Waals surface area contributed by atoms with E-state index in [1.807, 2.05) is 12.1 Å². The first-order valence-corrected chi connectivity index (χ1v) is 5.46. The molecule has 0 aliphatic rings. The van der Waals surface area contributed by atoms with Gasteiger partial charge >= 0.3 is 0 Å². The van der Waals surface area contributed by atoms with Gasteiger partial charge in [-0.05, 0) is 19.1 Å². The highest BCUT2D eigenvalue weighted by atomic mass is 16.5. The number of nitrogens with two attached hydrogens (primary N) is 1. The van der Waals surface area contributed by atoms with Crippen LogP contribution in [0.15, 0.2) is 18.2 Å². The maximum atomic E-state index is 10.0. The van der Waals surface area contributed by atoms with Crippen LogP contribution in [-0.2, 0) is 4.74 Å². The number of nitrogens with zero attached hydrogens (tertiary/aromatic N) is 1. The number of ether oxygens (including phenoxy) is 1. The third kappa shape index (κ3) is 4.99. The maximum Gasteiger partial charge on any atom is 0.142 e. The molecule has 1 aromatic rings. The van der Waals surface area contributed by atoms with Crippen LogP contribution in [0.25, 0.3) is 0 Å². The van der Waals surface area contributed by atoms with Crippen molar-refractivity contribution in [3.05, 3.63) is 18.2 Å². The van der Waals surface area contributed by atoms with Gasteiger partial charge < -0.3 is 20.6 Å². The minimum Gasteiger partial charge on any atom is -0.388 e. The lowest BCUT2D eigenvalue weighted by Gasteiger charge is -2.23. The van der Waals surface area contributed by atoms with Crippen molar-refractivity contribution in [2.45, 2.75) is 18.9 Å². The van der Waals surface area contributed by atoms with Crippen molar-refractivity contribution in [3.8, 4) is 0 Å². The Morgan fingerprint density at radius 1 is 1.47 bits per heavy atom. The molecule has 17 heavy (non-hydrogen) atoms. The fourth-order valence-electron chi connectivity index (χ4n) is 1.30. The third-order valence-electron chi connectivity index (χ3n) is 2.39. The number of hydrogen-bond donors (Lipinski definition) is 4. The van der Waals surface area contributed by atoms with E-state index in [1.54, 1.807) is 20.1 Å². The summed E-state index contributed by atoms with van der Waals surface area (Å²) in [6.45, 7) is 2.67. The molecule has 96 valence electrons. The summed E-state index contributed by atoms with van der Waals surface area (Å²) >= 11 is 0. The Morgan fingerprint density at radius 3 is 2.82 bits per heavy atom. The summed E-state index contributed by atoms with van der Waals surface area (Å²) in [4.78, 5) is 4.19. The minimum atomic E-state index is -0.830. The fourth-order valence-corrected chi connectivity index (χ4v) is 1.30. The molecule has 0 bridgehead atoms. The Bertz CT molecular complexity index is 344. The van der Waals surface area contributed by atoms with Crippen molar-refractivity contribution >= 4 is 11.6 Å². The Morgan fingerprint density at radius 2 is 2.18 bits per heavy atom. The highest BCUT2D eigenvalue weighted by molar-refractivity contribution is 5.44. The average Bonchev–Trinajstić information content (AvgIpc) is 2.34. The Kier molecular flexibility index (Phi) is 5.14. The molecule has 0 fully saturated rings. The molecule has 0 radical (unpaired) electrons. The lowest BCUT2D eigenvalue weighted by Crippen LogP contribution is -2.34. The first-order valence-electron chi connectivity index (χ1n) is 5.46. The van der Waals surface area contributed by atoms with Crippen LogP contribution in [0.1, 0.15) is 13.3 Å². The number of anilines is 2. The van der Waals surface area contributed by atoms with Gasteiger partial charge in [0.25, 0.3) is 0 Å². The number of aliphatic hydroxyl groups is 1. The molecule has 1 unspecified atom stereocenters. The van der Waals surface area contributed by atoms with E-state index in [0.29, 0.717) is 31.2 Å². The van der Waals surface area contributed by atoms with Gasteiger partial charge in [0.15, 0.2) is 0 Å². The summed E-state index contributed by atoms with van der Waals surface area (Å²) in [5, 5.41) is 13.1. The van der Waals surface area contributed by atoms with Crippen LogP contribution in [0.5, 0.6) is 0 Å². The molecule has 0 aliphatic carbocycles. The summed E-state index contributed by atoms with van der Waals surface area (Å²) < 4.78 is 4.94. The molecule has 0 saturated heterocycles. The largest absolute Gasteiger partial charge is 0.388 e. The van der Waals surface area contributed by atoms with Gasteiger partial charge in [-0.15, -0.1) is 0 Å². The van der Waals surface area contributed by atoms with Crippen molar-refractivity contribution in [2.75, 3.05) is 31.0 Å². The van der Waals surface area contributed by atoms with Crippen molar-refractivity contribution in [1.29, 1.82) is 0 Å². The number of nitrogen functional groups attached to an aromatic ring is 1. The third-order valence-corrected chi connectivity index (χ3v) is 2.39. The zero-order chi connectivity index (χ0) is 12.7. The van der Waals surface area contributed by atoms with Gasteiger partial charge in [0.1, 0.15) is 11.6 Å². The molecule has 0 aromatic carbocycles. The Labute approximate surface area is 101 Å². The van der Waals surface area contributed by atoms with Crippen molar-refractivity contribution in [2.24, 2.45) is 5.84 Å². The first-order chi connectivity index (χ1) is 8.07. The number of rotatable bonds is 7. The average molecular weight is 240 g/mol. The number of aromatic nitrogens is 1. The summed E-state index contributed by atoms with van der Waals surface area (Å²) in [6.07, 6.45) is 0.561. The summed E-state index contributed by atoms with van der Waals surface area (Å²) in [5.74, 6) is 6.50. The second kappa shape index (κ2) is 6.39. The quantitative estimate of drug-likeness (QED) is 0.411. The number of nitrogens with one attached hydrogen (secondary N) is 2. The highest BCUT2D eigenvalue weighted by Crippen LogP contribution is 2.12. The Balaban J connectivity index is 2.48. The lowest BCUT2D eigenvalue weighted by molar-refractivity contribution is 0.0357. The van der Waals surface area contributed by atoms with Gasteiger partial charge in [0, 0.05) is 26.7 Å². The van der Waals surface area contributed by atoms with E-state index >= 15 is 0 Å². The smallest absolute Gasteiger partial charge is 0.142 e. The predicted molar refractivity (Wildman–Crippen MR) is 67.7 cm³/mol. The van der Waals surface area contributed by atoms with E-state index in [4.69, 9.17) is 10.6 Å². The maximum absolute atomic E-state index is 10.0. The van der Waals surface area contributed by atoms with E-state index in [-0.39, 0.29) is 0 Å². The summed E-state index contributed by atoms with van der Waals surface area (Å²) in [5.41, 5.74) is 1.64. The standard InChI is InChI=1S/C11H20N4O2/c1-11(16,6-7-17-2)8-13-9-4-3-5-10(14-9)15-12/h3-5,16H,6-8,12H2,1-2H3,(H2,13,14,15). The number of hydrazine groups is 1. The molecule has 5 N–H and O–H groups in total. The van der Waals surface area contributed by atoms with E-state index in [1.165, 1.54) is 0 Å². The van der Waals surface area contributed by atoms with E-state index in [0.717, 1.165) is 0 Å². The molecule has 1 atom stereocenters.